The first-order valence-electron chi connectivity index (χ1n) is 9.48. The van der Waals surface area contributed by atoms with E-state index in [9.17, 15) is 4.79 Å². The van der Waals surface area contributed by atoms with Gasteiger partial charge in [0.1, 0.15) is 12.4 Å². The Hall–Kier alpha value is -1.61. The predicted octanol–water partition coefficient (Wildman–Crippen LogP) is 5.46. The molecule has 0 saturated heterocycles. The smallest absolute Gasteiger partial charge is 0.147 e. The van der Waals surface area contributed by atoms with Crippen molar-refractivity contribution in [2.75, 3.05) is 5.06 Å². The van der Waals surface area contributed by atoms with E-state index in [-0.39, 0.29) is 12.1 Å². The summed E-state index contributed by atoms with van der Waals surface area (Å²) in [5.74, 6) is 0. The second-order valence-corrected chi connectivity index (χ2v) is 6.60. The number of para-hydroxylation sites is 1. The fourth-order valence-electron chi connectivity index (χ4n) is 3.29. The van der Waals surface area contributed by atoms with Crippen molar-refractivity contribution in [3.05, 3.63) is 42.0 Å². The van der Waals surface area contributed by atoms with Gasteiger partial charge in [0, 0.05) is 5.57 Å². The van der Waals surface area contributed by atoms with Crippen LogP contribution in [0, 0.1) is 0 Å². The van der Waals surface area contributed by atoms with Crippen molar-refractivity contribution in [3.8, 4) is 0 Å². The van der Waals surface area contributed by atoms with E-state index < -0.39 is 0 Å². The molecule has 0 aliphatic carbocycles. The number of hydroxylamine groups is 1. The third kappa shape index (κ3) is 5.20. The number of benzene rings is 1. The van der Waals surface area contributed by atoms with Crippen molar-refractivity contribution in [1.29, 1.82) is 0 Å². The van der Waals surface area contributed by atoms with E-state index in [4.69, 9.17) is 4.84 Å². The molecule has 1 aromatic carbocycles. The van der Waals surface area contributed by atoms with E-state index in [2.05, 4.69) is 26.0 Å². The molecule has 2 atom stereocenters. The lowest BCUT2D eigenvalue weighted by Crippen LogP contribution is -2.44. The monoisotopic (exact) mass is 329 g/mol. The third-order valence-corrected chi connectivity index (χ3v) is 4.60. The van der Waals surface area contributed by atoms with E-state index in [1.807, 2.05) is 29.3 Å². The van der Waals surface area contributed by atoms with Gasteiger partial charge < -0.3 is 0 Å². The van der Waals surface area contributed by atoms with E-state index in [0.717, 1.165) is 43.2 Å². The highest BCUT2D eigenvalue weighted by Crippen LogP contribution is 2.30. The van der Waals surface area contributed by atoms with Crippen molar-refractivity contribution < 1.29 is 9.63 Å². The fourth-order valence-corrected chi connectivity index (χ4v) is 3.29. The SMILES string of the molecule is CCCCCCC[C@@H]1C=C(C=O)[C@@H](CCC)N(c2ccccc2)O1. The molecular weight excluding hydrogens is 298 g/mol. The summed E-state index contributed by atoms with van der Waals surface area (Å²) in [5, 5.41) is 1.96. The summed E-state index contributed by atoms with van der Waals surface area (Å²) in [7, 11) is 0. The average Bonchev–Trinajstić information content (AvgIpc) is 2.63. The van der Waals surface area contributed by atoms with Gasteiger partial charge in [0.05, 0.1) is 11.7 Å². The fraction of sp³-hybridized carbons (Fsp3) is 0.571. The Labute approximate surface area is 146 Å². The van der Waals surface area contributed by atoms with E-state index >= 15 is 0 Å². The van der Waals surface area contributed by atoms with Gasteiger partial charge in [0.25, 0.3) is 0 Å². The number of unbranched alkanes of at least 4 members (excludes halogenated alkanes) is 4. The maximum Gasteiger partial charge on any atom is 0.147 e. The molecule has 3 heteroatoms. The van der Waals surface area contributed by atoms with Crippen LogP contribution in [0.4, 0.5) is 5.69 Å². The Balaban J connectivity index is 2.08. The Morgan fingerprint density at radius 2 is 1.75 bits per heavy atom. The van der Waals surface area contributed by atoms with Crippen molar-refractivity contribution in [2.45, 2.75) is 77.4 Å². The molecule has 3 nitrogen and oxygen atoms in total. The molecule has 0 fully saturated rings. The lowest BCUT2D eigenvalue weighted by atomic mass is 9.97. The quantitative estimate of drug-likeness (QED) is 0.421. The van der Waals surface area contributed by atoms with Crippen molar-refractivity contribution in [2.24, 2.45) is 0 Å². The highest BCUT2D eigenvalue weighted by Gasteiger charge is 2.30. The highest BCUT2D eigenvalue weighted by molar-refractivity contribution is 5.77. The summed E-state index contributed by atoms with van der Waals surface area (Å²) in [4.78, 5) is 17.9. The molecule has 1 aliphatic heterocycles. The zero-order chi connectivity index (χ0) is 17.2. The van der Waals surface area contributed by atoms with Crippen LogP contribution in [0.5, 0.6) is 0 Å². The van der Waals surface area contributed by atoms with Crippen LogP contribution >= 0.6 is 0 Å². The van der Waals surface area contributed by atoms with Crippen molar-refractivity contribution in [3.63, 3.8) is 0 Å². The number of hydrogen-bond acceptors (Lipinski definition) is 3. The minimum atomic E-state index is 0.000128. The Morgan fingerprint density at radius 3 is 2.42 bits per heavy atom. The van der Waals surface area contributed by atoms with Crippen LogP contribution in [0.15, 0.2) is 42.0 Å². The molecule has 0 amide bonds. The van der Waals surface area contributed by atoms with Gasteiger partial charge in [-0.05, 0) is 31.1 Å². The maximum absolute atomic E-state index is 11.6. The van der Waals surface area contributed by atoms with Crippen LogP contribution in [-0.4, -0.2) is 18.4 Å². The Bertz CT molecular complexity index is 512. The van der Waals surface area contributed by atoms with Crippen LogP contribution in [0.25, 0.3) is 0 Å². The number of anilines is 1. The standard InChI is InChI=1S/C21H31NO2/c1-3-5-6-7-11-15-20-16-18(17-23)21(12-4-2)22(24-20)19-13-9-8-10-14-19/h8-10,13-14,16-17,20-21H,3-7,11-12,15H2,1-2H3/t20-,21-/m1/s1. The van der Waals surface area contributed by atoms with Crippen LogP contribution < -0.4 is 5.06 Å². The predicted molar refractivity (Wildman–Crippen MR) is 100 cm³/mol. The molecule has 0 radical (unpaired) electrons. The van der Waals surface area contributed by atoms with Gasteiger partial charge in [-0.25, -0.2) is 5.06 Å². The zero-order valence-electron chi connectivity index (χ0n) is 15.1. The summed E-state index contributed by atoms with van der Waals surface area (Å²) >= 11 is 0. The first kappa shape index (κ1) is 18.7. The summed E-state index contributed by atoms with van der Waals surface area (Å²) in [6, 6.07) is 10.2. The third-order valence-electron chi connectivity index (χ3n) is 4.60. The first-order chi connectivity index (χ1) is 11.8. The number of nitrogens with zero attached hydrogens (tertiary/aromatic N) is 1. The minimum Gasteiger partial charge on any atom is -0.298 e. The maximum atomic E-state index is 11.6. The lowest BCUT2D eigenvalue weighted by Gasteiger charge is -2.39. The Morgan fingerprint density at radius 1 is 1.00 bits per heavy atom. The van der Waals surface area contributed by atoms with Gasteiger partial charge in [-0.2, -0.15) is 0 Å². The van der Waals surface area contributed by atoms with Gasteiger partial charge in [-0.3, -0.25) is 9.63 Å². The number of carbonyl (C=O) groups is 1. The molecule has 0 N–H and O–H groups in total. The number of hydrogen-bond donors (Lipinski definition) is 0. The minimum absolute atomic E-state index is 0.000128. The van der Waals surface area contributed by atoms with Crippen LogP contribution in [-0.2, 0) is 9.63 Å². The summed E-state index contributed by atoms with van der Waals surface area (Å²) in [5.41, 5.74) is 1.89. The second-order valence-electron chi connectivity index (χ2n) is 6.60. The van der Waals surface area contributed by atoms with Crippen molar-refractivity contribution >= 4 is 12.0 Å². The van der Waals surface area contributed by atoms with E-state index in [1.54, 1.807) is 0 Å². The van der Waals surface area contributed by atoms with Crippen LogP contribution in [0.1, 0.15) is 65.2 Å². The van der Waals surface area contributed by atoms with E-state index in [1.165, 1.54) is 25.7 Å². The van der Waals surface area contributed by atoms with Crippen molar-refractivity contribution in [1.82, 2.24) is 0 Å². The average molecular weight is 329 g/mol. The largest absolute Gasteiger partial charge is 0.298 e. The molecule has 24 heavy (non-hydrogen) atoms. The van der Waals surface area contributed by atoms with Gasteiger partial charge in [-0.1, -0.05) is 70.6 Å². The summed E-state index contributed by atoms with van der Waals surface area (Å²) in [6.45, 7) is 4.38. The molecule has 0 unspecified atom stereocenters. The summed E-state index contributed by atoms with van der Waals surface area (Å²) < 4.78 is 0. The first-order valence-corrected chi connectivity index (χ1v) is 9.48. The van der Waals surface area contributed by atoms with Crippen LogP contribution in [0.3, 0.4) is 0 Å². The highest BCUT2D eigenvalue weighted by atomic mass is 16.7. The molecular formula is C21H31NO2. The second kappa shape index (κ2) is 10.3. The lowest BCUT2D eigenvalue weighted by molar-refractivity contribution is -0.106. The topological polar surface area (TPSA) is 29.5 Å². The molecule has 0 spiro atoms. The van der Waals surface area contributed by atoms with Crippen LogP contribution in [0.2, 0.25) is 0 Å². The number of carbonyl (C=O) groups excluding carboxylic acids is 1. The van der Waals surface area contributed by atoms with Gasteiger partial charge in [0.2, 0.25) is 0 Å². The number of rotatable bonds is 10. The van der Waals surface area contributed by atoms with Gasteiger partial charge in [0.15, 0.2) is 0 Å². The Kier molecular flexibility index (Phi) is 8.03. The molecule has 132 valence electrons. The summed E-state index contributed by atoms with van der Waals surface area (Å²) in [6.07, 6.45) is 12.2. The molecule has 0 aromatic heterocycles. The molecule has 0 bridgehead atoms. The van der Waals surface area contributed by atoms with Gasteiger partial charge in [-0.15, -0.1) is 0 Å². The molecule has 1 heterocycles. The molecule has 2 rings (SSSR count). The van der Waals surface area contributed by atoms with E-state index in [0.29, 0.717) is 0 Å². The molecule has 1 aromatic rings. The molecule has 1 aliphatic rings. The normalized spacial score (nSPS) is 20.8. The zero-order valence-corrected chi connectivity index (χ0v) is 15.1. The molecule has 0 saturated carbocycles. The van der Waals surface area contributed by atoms with Gasteiger partial charge >= 0.3 is 0 Å². The number of aldehydes is 1.